The van der Waals surface area contributed by atoms with Gasteiger partial charge in [-0.15, -0.1) is 0 Å². The van der Waals surface area contributed by atoms with Crippen LogP contribution in [0.2, 0.25) is 0 Å². The van der Waals surface area contributed by atoms with Crippen LogP contribution in [0.5, 0.6) is 5.75 Å². The largest absolute Gasteiger partial charge is 0.496 e. The molecule has 0 amide bonds. The van der Waals surface area contributed by atoms with E-state index in [0.717, 1.165) is 15.8 Å². The molecule has 0 aliphatic carbocycles. The lowest BCUT2D eigenvalue weighted by molar-refractivity contribution is -0.117. The van der Waals surface area contributed by atoms with Crippen molar-refractivity contribution in [1.29, 1.82) is 0 Å². The summed E-state index contributed by atoms with van der Waals surface area (Å²) in [5.41, 5.74) is 0.865. The Bertz CT molecular complexity index is 424. The lowest BCUT2D eigenvalue weighted by atomic mass is 10.1. The lowest BCUT2D eigenvalue weighted by Gasteiger charge is -2.20. The SMILES string of the molecule is COc1ccc(Br)cc1CC(=O)CNC(C)(C)C. The molecule has 1 aromatic rings. The monoisotopic (exact) mass is 313 g/mol. The topological polar surface area (TPSA) is 38.3 Å². The molecule has 0 aliphatic rings. The first kappa shape index (κ1) is 15.2. The molecule has 3 nitrogen and oxygen atoms in total. The van der Waals surface area contributed by atoms with E-state index in [2.05, 4.69) is 21.2 Å². The number of nitrogens with one attached hydrogen (secondary N) is 1. The van der Waals surface area contributed by atoms with Crippen LogP contribution in [-0.2, 0) is 11.2 Å². The quantitative estimate of drug-likeness (QED) is 0.908. The number of carbonyl (C=O) groups is 1. The molecule has 0 heterocycles. The van der Waals surface area contributed by atoms with Gasteiger partial charge in [-0.05, 0) is 39.0 Å². The third-order valence-electron chi connectivity index (χ3n) is 2.45. The second kappa shape index (κ2) is 6.34. The number of carbonyl (C=O) groups excluding carboxylic acids is 1. The maximum Gasteiger partial charge on any atom is 0.151 e. The Morgan fingerprint density at radius 1 is 1.39 bits per heavy atom. The van der Waals surface area contributed by atoms with E-state index in [4.69, 9.17) is 4.74 Å². The zero-order chi connectivity index (χ0) is 13.8. The summed E-state index contributed by atoms with van der Waals surface area (Å²) >= 11 is 3.40. The predicted molar refractivity (Wildman–Crippen MR) is 77.2 cm³/mol. The summed E-state index contributed by atoms with van der Waals surface area (Å²) in [6, 6.07) is 5.69. The van der Waals surface area contributed by atoms with Crippen molar-refractivity contribution >= 4 is 21.7 Å². The van der Waals surface area contributed by atoms with E-state index in [0.29, 0.717) is 13.0 Å². The van der Waals surface area contributed by atoms with Crippen LogP contribution in [0.3, 0.4) is 0 Å². The maximum absolute atomic E-state index is 11.9. The highest BCUT2D eigenvalue weighted by Gasteiger charge is 2.13. The van der Waals surface area contributed by atoms with E-state index < -0.39 is 0 Å². The minimum Gasteiger partial charge on any atom is -0.496 e. The zero-order valence-corrected chi connectivity index (χ0v) is 12.9. The Balaban J connectivity index is 2.66. The standard InChI is InChI=1S/C14H20BrNO2/c1-14(2,3)16-9-12(17)8-10-7-11(15)5-6-13(10)18-4/h5-7,16H,8-9H2,1-4H3. The molecule has 0 spiro atoms. The van der Waals surface area contributed by atoms with Gasteiger partial charge in [-0.25, -0.2) is 0 Å². The normalized spacial score (nSPS) is 11.4. The summed E-state index contributed by atoms with van der Waals surface area (Å²) in [4.78, 5) is 11.9. The number of benzene rings is 1. The lowest BCUT2D eigenvalue weighted by Crippen LogP contribution is -2.39. The van der Waals surface area contributed by atoms with Gasteiger partial charge in [-0.1, -0.05) is 15.9 Å². The van der Waals surface area contributed by atoms with Gasteiger partial charge in [0.1, 0.15) is 5.75 Å². The van der Waals surface area contributed by atoms with Crippen LogP contribution in [0.15, 0.2) is 22.7 Å². The van der Waals surface area contributed by atoms with Gasteiger partial charge in [0.25, 0.3) is 0 Å². The molecule has 0 bridgehead atoms. The molecule has 4 heteroatoms. The van der Waals surface area contributed by atoms with E-state index in [1.807, 2.05) is 39.0 Å². The van der Waals surface area contributed by atoms with Crippen molar-refractivity contribution < 1.29 is 9.53 Å². The number of Topliss-reactive ketones (excluding diaryl/α,β-unsaturated/α-hetero) is 1. The molecule has 0 aromatic heterocycles. The Morgan fingerprint density at radius 3 is 2.61 bits per heavy atom. The molecule has 1 aromatic carbocycles. The van der Waals surface area contributed by atoms with Gasteiger partial charge < -0.3 is 10.1 Å². The van der Waals surface area contributed by atoms with Gasteiger partial charge in [0, 0.05) is 22.0 Å². The van der Waals surface area contributed by atoms with E-state index in [1.165, 1.54) is 0 Å². The van der Waals surface area contributed by atoms with Crippen molar-refractivity contribution in [2.45, 2.75) is 32.7 Å². The summed E-state index contributed by atoms with van der Waals surface area (Å²) in [6.45, 7) is 6.50. The Labute approximate surface area is 117 Å². The van der Waals surface area contributed by atoms with Crippen molar-refractivity contribution in [1.82, 2.24) is 5.32 Å². The predicted octanol–water partition coefficient (Wildman–Crippen LogP) is 2.96. The fraction of sp³-hybridized carbons (Fsp3) is 0.500. The molecule has 0 atom stereocenters. The van der Waals surface area contributed by atoms with Crippen LogP contribution < -0.4 is 10.1 Å². The number of hydrogen-bond acceptors (Lipinski definition) is 3. The summed E-state index contributed by atoms with van der Waals surface area (Å²) in [6.07, 6.45) is 0.381. The maximum atomic E-state index is 11.9. The summed E-state index contributed by atoms with van der Waals surface area (Å²) < 4.78 is 6.21. The van der Waals surface area contributed by atoms with Crippen molar-refractivity contribution in [3.05, 3.63) is 28.2 Å². The second-order valence-electron chi connectivity index (χ2n) is 5.28. The smallest absolute Gasteiger partial charge is 0.151 e. The second-order valence-corrected chi connectivity index (χ2v) is 6.19. The highest BCUT2D eigenvalue weighted by Crippen LogP contribution is 2.23. The number of hydrogen-bond donors (Lipinski definition) is 1. The molecular weight excluding hydrogens is 294 g/mol. The van der Waals surface area contributed by atoms with Crippen molar-refractivity contribution in [2.75, 3.05) is 13.7 Å². The molecule has 1 rings (SSSR count). The number of halogens is 1. The summed E-state index contributed by atoms with van der Waals surface area (Å²) in [5.74, 6) is 0.906. The van der Waals surface area contributed by atoms with Crippen LogP contribution in [0, 0.1) is 0 Å². The van der Waals surface area contributed by atoms with Gasteiger partial charge in [0.05, 0.1) is 13.7 Å². The number of ether oxygens (including phenoxy) is 1. The minimum absolute atomic E-state index is 0.0446. The van der Waals surface area contributed by atoms with E-state index in [1.54, 1.807) is 7.11 Å². The third kappa shape index (κ3) is 5.19. The Morgan fingerprint density at radius 2 is 2.06 bits per heavy atom. The van der Waals surface area contributed by atoms with E-state index in [-0.39, 0.29) is 11.3 Å². The van der Waals surface area contributed by atoms with E-state index >= 15 is 0 Å². The molecule has 100 valence electrons. The number of rotatable bonds is 5. The van der Waals surface area contributed by atoms with Crippen molar-refractivity contribution in [3.63, 3.8) is 0 Å². The average Bonchev–Trinajstić information content (AvgIpc) is 2.26. The first-order valence-electron chi connectivity index (χ1n) is 5.91. The van der Waals surface area contributed by atoms with Crippen LogP contribution in [0.25, 0.3) is 0 Å². The first-order valence-corrected chi connectivity index (χ1v) is 6.70. The van der Waals surface area contributed by atoms with Crippen LogP contribution in [0.4, 0.5) is 0 Å². The highest BCUT2D eigenvalue weighted by molar-refractivity contribution is 9.10. The molecule has 0 radical (unpaired) electrons. The Kier molecular flexibility index (Phi) is 5.35. The van der Waals surface area contributed by atoms with Gasteiger partial charge in [0.15, 0.2) is 5.78 Å². The Hall–Kier alpha value is -0.870. The van der Waals surface area contributed by atoms with Crippen LogP contribution >= 0.6 is 15.9 Å². The van der Waals surface area contributed by atoms with Crippen LogP contribution in [0.1, 0.15) is 26.3 Å². The molecule has 0 saturated heterocycles. The molecule has 0 saturated carbocycles. The molecular formula is C14H20BrNO2. The number of methoxy groups -OCH3 is 1. The van der Waals surface area contributed by atoms with Gasteiger partial charge in [0.2, 0.25) is 0 Å². The molecule has 0 aliphatic heterocycles. The molecule has 0 fully saturated rings. The van der Waals surface area contributed by atoms with Gasteiger partial charge in [-0.2, -0.15) is 0 Å². The molecule has 18 heavy (non-hydrogen) atoms. The fourth-order valence-corrected chi connectivity index (χ4v) is 1.93. The summed E-state index contributed by atoms with van der Waals surface area (Å²) in [7, 11) is 1.62. The first-order chi connectivity index (χ1) is 8.31. The average molecular weight is 314 g/mol. The molecule has 0 unspecified atom stereocenters. The minimum atomic E-state index is -0.0446. The van der Waals surface area contributed by atoms with Crippen molar-refractivity contribution in [2.24, 2.45) is 0 Å². The highest BCUT2D eigenvalue weighted by atomic mass is 79.9. The summed E-state index contributed by atoms with van der Waals surface area (Å²) in [5, 5.41) is 3.19. The van der Waals surface area contributed by atoms with Crippen LogP contribution in [-0.4, -0.2) is 25.0 Å². The molecule has 1 N–H and O–H groups in total. The van der Waals surface area contributed by atoms with E-state index in [9.17, 15) is 4.79 Å². The van der Waals surface area contributed by atoms with Crippen molar-refractivity contribution in [3.8, 4) is 5.75 Å². The van der Waals surface area contributed by atoms with Gasteiger partial charge >= 0.3 is 0 Å². The fourth-order valence-electron chi connectivity index (χ4n) is 1.52. The third-order valence-corrected chi connectivity index (χ3v) is 2.94. The zero-order valence-electron chi connectivity index (χ0n) is 11.3. The van der Waals surface area contributed by atoms with Gasteiger partial charge in [-0.3, -0.25) is 4.79 Å². The number of ketones is 1.